The maximum atomic E-state index is 4.83. The molecule has 2 aliphatic rings. The van der Waals surface area contributed by atoms with Gasteiger partial charge in [0.1, 0.15) is 0 Å². The van der Waals surface area contributed by atoms with Crippen LogP contribution in [0.25, 0.3) is 27.8 Å². The summed E-state index contributed by atoms with van der Waals surface area (Å²) < 4.78 is 1.92. The van der Waals surface area contributed by atoms with E-state index in [1.165, 1.54) is 39.0 Å². The molecule has 0 amide bonds. The number of hydrogen-bond acceptors (Lipinski definition) is 6. The lowest BCUT2D eigenvalue weighted by molar-refractivity contribution is 0.0982. The molecule has 8 heteroatoms. The van der Waals surface area contributed by atoms with Gasteiger partial charge in [0.2, 0.25) is 0 Å². The fourth-order valence-electron chi connectivity index (χ4n) is 5.28. The van der Waals surface area contributed by atoms with E-state index in [0.29, 0.717) is 6.04 Å². The predicted molar refractivity (Wildman–Crippen MR) is 127 cm³/mol. The fraction of sp³-hybridized carbons (Fsp3) is 0.458. The summed E-state index contributed by atoms with van der Waals surface area (Å²) in [6.45, 7) is 8.98. The van der Waals surface area contributed by atoms with E-state index in [0.717, 1.165) is 52.3 Å². The number of hydrogen-bond donors (Lipinski definition) is 1. The molecular weight excluding hydrogens is 400 g/mol. The van der Waals surface area contributed by atoms with E-state index < -0.39 is 0 Å². The minimum Gasteiger partial charge on any atom is -0.369 e. The third-order valence-corrected chi connectivity index (χ3v) is 7.17. The lowest BCUT2D eigenvalue weighted by Gasteiger charge is -2.42. The van der Waals surface area contributed by atoms with Crippen LogP contribution >= 0.6 is 0 Å². The van der Waals surface area contributed by atoms with Gasteiger partial charge in [-0.2, -0.15) is 5.10 Å². The average Bonchev–Trinajstić information content (AvgIpc) is 3.41. The van der Waals surface area contributed by atoms with Gasteiger partial charge in [-0.25, -0.2) is 9.50 Å². The van der Waals surface area contributed by atoms with Crippen LogP contribution < -0.4 is 4.90 Å². The summed E-state index contributed by atoms with van der Waals surface area (Å²) in [6.07, 6.45) is 10.3. The molecule has 6 heterocycles. The average molecular weight is 431 g/mol. The Bertz CT molecular complexity index is 1240. The van der Waals surface area contributed by atoms with Crippen LogP contribution in [0.1, 0.15) is 18.5 Å². The molecule has 8 nitrogen and oxygen atoms in total. The second-order valence-electron chi connectivity index (χ2n) is 9.27. The minimum atomic E-state index is 0.714. The summed E-state index contributed by atoms with van der Waals surface area (Å²) >= 11 is 0. The van der Waals surface area contributed by atoms with Crippen molar-refractivity contribution in [2.24, 2.45) is 0 Å². The highest BCUT2D eigenvalue weighted by Gasteiger charge is 2.27. The number of anilines is 1. The van der Waals surface area contributed by atoms with Gasteiger partial charge in [0, 0.05) is 68.3 Å². The Morgan fingerprint density at radius 1 is 0.969 bits per heavy atom. The summed E-state index contributed by atoms with van der Waals surface area (Å²) in [5, 5.41) is 4.64. The molecule has 2 aliphatic heterocycles. The zero-order chi connectivity index (χ0) is 21.7. The van der Waals surface area contributed by atoms with Gasteiger partial charge < -0.3 is 14.8 Å². The van der Waals surface area contributed by atoms with Crippen molar-refractivity contribution in [1.29, 1.82) is 0 Å². The first kappa shape index (κ1) is 19.7. The first-order valence-electron chi connectivity index (χ1n) is 11.6. The van der Waals surface area contributed by atoms with Gasteiger partial charge in [-0.3, -0.25) is 9.88 Å². The molecule has 0 aromatic carbocycles. The van der Waals surface area contributed by atoms with Crippen LogP contribution in [-0.4, -0.2) is 86.7 Å². The van der Waals surface area contributed by atoms with E-state index in [-0.39, 0.29) is 0 Å². The number of aromatic amines is 1. The molecule has 0 unspecified atom stereocenters. The van der Waals surface area contributed by atoms with Crippen molar-refractivity contribution in [2.45, 2.75) is 25.8 Å². The molecule has 4 aromatic heterocycles. The SMILES string of the molecule is Cc1cc2nccc(-c3cnn4cc(N5CCC(N6CCN(C)CC6)CC5)cnc34)c2[nH]1. The molecule has 0 spiro atoms. The fourth-order valence-corrected chi connectivity index (χ4v) is 5.28. The number of nitrogens with one attached hydrogen (secondary N) is 1. The van der Waals surface area contributed by atoms with Crippen molar-refractivity contribution in [1.82, 2.24) is 34.4 Å². The number of aryl methyl sites for hydroxylation is 1. The van der Waals surface area contributed by atoms with Gasteiger partial charge in [-0.1, -0.05) is 0 Å². The molecule has 0 saturated carbocycles. The van der Waals surface area contributed by atoms with Crippen LogP contribution in [0.15, 0.2) is 36.9 Å². The van der Waals surface area contributed by atoms with Gasteiger partial charge in [0.05, 0.1) is 35.3 Å². The molecule has 0 radical (unpaired) electrons. The number of fused-ring (bicyclic) bond motifs is 2. The first-order valence-corrected chi connectivity index (χ1v) is 11.6. The molecule has 0 bridgehead atoms. The predicted octanol–water partition coefficient (Wildman–Crippen LogP) is 2.80. The van der Waals surface area contributed by atoms with Crippen molar-refractivity contribution in [3.05, 3.63) is 42.6 Å². The second-order valence-corrected chi connectivity index (χ2v) is 9.27. The highest BCUT2D eigenvalue weighted by atomic mass is 15.3. The number of piperazine rings is 1. The van der Waals surface area contributed by atoms with E-state index in [1.54, 1.807) is 0 Å². The smallest absolute Gasteiger partial charge is 0.163 e. The van der Waals surface area contributed by atoms with Crippen molar-refractivity contribution >= 4 is 22.4 Å². The summed E-state index contributed by atoms with van der Waals surface area (Å²) in [5.41, 5.74) is 7.26. The van der Waals surface area contributed by atoms with Gasteiger partial charge in [0.25, 0.3) is 0 Å². The highest BCUT2D eigenvalue weighted by molar-refractivity contribution is 5.95. The van der Waals surface area contributed by atoms with Crippen LogP contribution in [0, 0.1) is 6.92 Å². The van der Waals surface area contributed by atoms with Gasteiger partial charge in [-0.15, -0.1) is 0 Å². The Labute approximate surface area is 187 Å². The third kappa shape index (κ3) is 3.43. The van der Waals surface area contributed by atoms with Crippen molar-refractivity contribution in [3.8, 4) is 11.1 Å². The number of aromatic nitrogens is 5. The number of pyridine rings is 1. The highest BCUT2D eigenvalue weighted by Crippen LogP contribution is 2.31. The van der Waals surface area contributed by atoms with Crippen molar-refractivity contribution < 1.29 is 0 Å². The van der Waals surface area contributed by atoms with Crippen molar-refractivity contribution in [3.63, 3.8) is 0 Å². The number of rotatable bonds is 3. The number of piperidine rings is 1. The zero-order valence-electron chi connectivity index (χ0n) is 18.8. The number of H-pyrrole nitrogens is 1. The Kier molecular flexibility index (Phi) is 4.84. The molecule has 0 atom stereocenters. The second kappa shape index (κ2) is 7.86. The normalized spacial score (nSPS) is 19.4. The molecule has 1 N–H and O–H groups in total. The molecule has 166 valence electrons. The topological polar surface area (TPSA) is 68.6 Å². The maximum Gasteiger partial charge on any atom is 0.163 e. The maximum absolute atomic E-state index is 4.83. The van der Waals surface area contributed by atoms with Crippen LogP contribution in [-0.2, 0) is 0 Å². The molecule has 4 aromatic rings. The van der Waals surface area contributed by atoms with Gasteiger partial charge >= 0.3 is 0 Å². The lowest BCUT2D eigenvalue weighted by atomic mass is 10.0. The molecule has 0 aliphatic carbocycles. The van der Waals surface area contributed by atoms with E-state index in [4.69, 9.17) is 4.98 Å². The van der Waals surface area contributed by atoms with E-state index >= 15 is 0 Å². The first-order chi connectivity index (χ1) is 15.7. The monoisotopic (exact) mass is 430 g/mol. The zero-order valence-corrected chi connectivity index (χ0v) is 18.8. The Morgan fingerprint density at radius 3 is 2.59 bits per heavy atom. The standard InChI is InChI=1S/C24H30N8/c1-17-13-22-23(28-17)20(3-6-25-22)21-15-27-32-16-19(14-26-24(21)32)30-7-4-18(5-8-30)31-11-9-29(2)10-12-31/h3,6,13-16,18,28H,4-5,7-12H2,1-2H3. The van der Waals surface area contributed by atoms with Gasteiger partial charge in [-0.05, 0) is 38.9 Å². The summed E-state index contributed by atoms with van der Waals surface area (Å²) in [6, 6.07) is 4.82. The lowest BCUT2D eigenvalue weighted by Crippen LogP contribution is -2.52. The van der Waals surface area contributed by atoms with Crippen LogP contribution in [0.5, 0.6) is 0 Å². The Balaban J connectivity index is 1.22. The Morgan fingerprint density at radius 2 is 1.78 bits per heavy atom. The van der Waals surface area contributed by atoms with E-state index in [9.17, 15) is 0 Å². The minimum absolute atomic E-state index is 0.714. The Hall–Kier alpha value is -2.97. The molecule has 2 fully saturated rings. The largest absolute Gasteiger partial charge is 0.369 e. The molecular formula is C24H30N8. The quantitative estimate of drug-likeness (QED) is 0.539. The van der Waals surface area contributed by atoms with E-state index in [2.05, 4.69) is 56.0 Å². The molecule has 2 saturated heterocycles. The summed E-state index contributed by atoms with van der Waals surface area (Å²) in [4.78, 5) is 20.3. The molecule has 6 rings (SSSR count). The van der Waals surface area contributed by atoms with E-state index in [1.807, 2.05) is 29.2 Å². The van der Waals surface area contributed by atoms with Crippen molar-refractivity contribution in [2.75, 3.05) is 51.2 Å². The van der Waals surface area contributed by atoms with Crippen LogP contribution in [0.4, 0.5) is 5.69 Å². The summed E-state index contributed by atoms with van der Waals surface area (Å²) in [7, 11) is 2.22. The van der Waals surface area contributed by atoms with Crippen LogP contribution in [0.2, 0.25) is 0 Å². The number of nitrogens with zero attached hydrogens (tertiary/aromatic N) is 7. The van der Waals surface area contributed by atoms with Gasteiger partial charge in [0.15, 0.2) is 5.65 Å². The third-order valence-electron chi connectivity index (χ3n) is 7.17. The molecule has 32 heavy (non-hydrogen) atoms. The van der Waals surface area contributed by atoms with Crippen LogP contribution in [0.3, 0.4) is 0 Å². The number of likely N-dealkylation sites (N-methyl/N-ethyl adjacent to an activating group) is 1. The summed E-state index contributed by atoms with van der Waals surface area (Å²) in [5.74, 6) is 0.